The van der Waals surface area contributed by atoms with Gasteiger partial charge in [-0.25, -0.2) is 0 Å². The molecular weight excluding hydrogens is 306 g/mol. The lowest BCUT2D eigenvalue weighted by Gasteiger charge is -2.62. The van der Waals surface area contributed by atoms with E-state index in [-0.39, 0.29) is 5.41 Å². The highest BCUT2D eigenvalue weighted by Crippen LogP contribution is 2.55. The minimum absolute atomic E-state index is 0.268. The van der Waals surface area contributed by atoms with E-state index in [1.807, 2.05) is 0 Å². The van der Waals surface area contributed by atoms with Crippen molar-refractivity contribution >= 4 is 21.9 Å². The molecule has 3 fully saturated rings. The normalized spacial score (nSPS) is 32.7. The van der Waals surface area contributed by atoms with Gasteiger partial charge in [0.05, 0.1) is 0 Å². The number of benzene rings is 2. The Balaban J connectivity index is 1.73. The zero-order valence-corrected chi connectivity index (χ0v) is 15.7. The molecule has 2 bridgehead atoms. The number of nitrogens with zero attached hydrogens (tertiary/aromatic N) is 1. The molecule has 2 aliphatic heterocycles. The number of fused-ring (bicyclic) bond motifs is 6. The van der Waals surface area contributed by atoms with Crippen LogP contribution in [0.5, 0.6) is 0 Å². The summed E-state index contributed by atoms with van der Waals surface area (Å²) < 4.78 is 6.21. The van der Waals surface area contributed by atoms with Gasteiger partial charge >= 0.3 is 0 Å². The second-order valence-corrected chi connectivity index (χ2v) is 8.70. The van der Waals surface area contributed by atoms with Crippen molar-refractivity contribution in [3.8, 4) is 0 Å². The number of rotatable bonds is 1. The summed E-state index contributed by atoms with van der Waals surface area (Å²) in [6.45, 7) is 7.17. The largest absolute Gasteiger partial charge is 0.456 e. The first kappa shape index (κ1) is 15.5. The van der Waals surface area contributed by atoms with Crippen LogP contribution in [-0.4, -0.2) is 23.5 Å². The molecule has 25 heavy (non-hydrogen) atoms. The van der Waals surface area contributed by atoms with Crippen LogP contribution in [0.1, 0.15) is 50.7 Å². The Morgan fingerprint density at radius 1 is 1.00 bits per heavy atom. The molecule has 2 saturated heterocycles. The summed E-state index contributed by atoms with van der Waals surface area (Å²) in [4.78, 5) is 2.64. The first-order valence-corrected chi connectivity index (χ1v) is 9.60. The van der Waals surface area contributed by atoms with Crippen molar-refractivity contribution in [1.82, 2.24) is 4.90 Å². The molecule has 0 N–H and O–H groups in total. The van der Waals surface area contributed by atoms with Crippen LogP contribution in [0.4, 0.5) is 0 Å². The predicted molar refractivity (Wildman–Crippen MR) is 104 cm³/mol. The van der Waals surface area contributed by atoms with E-state index in [2.05, 4.69) is 69.1 Å². The predicted octanol–water partition coefficient (Wildman–Crippen LogP) is 5.80. The van der Waals surface area contributed by atoms with E-state index in [1.54, 1.807) is 0 Å². The molecule has 6 rings (SSSR count). The Kier molecular flexibility index (Phi) is 3.02. The number of hydrogen-bond donors (Lipinski definition) is 0. The molecule has 2 aromatic carbocycles. The lowest BCUT2D eigenvalue weighted by Crippen LogP contribution is -2.66. The average molecular weight is 333 g/mol. The summed E-state index contributed by atoms with van der Waals surface area (Å²) in [5.74, 6) is 0. The van der Waals surface area contributed by atoms with Crippen molar-refractivity contribution in [2.45, 2.75) is 63.5 Å². The molecule has 0 spiro atoms. The van der Waals surface area contributed by atoms with Crippen molar-refractivity contribution in [3.05, 3.63) is 47.5 Å². The SMILES string of the molecule is Cc1cc2c(cc1C13CCC(C)(CC1)N(C)[C@@H]3C)oc1ccccc12. The number of aryl methyl sites for hydroxylation is 1. The summed E-state index contributed by atoms with van der Waals surface area (Å²) in [5, 5.41) is 2.49. The number of para-hydroxylation sites is 1. The van der Waals surface area contributed by atoms with E-state index in [4.69, 9.17) is 4.42 Å². The van der Waals surface area contributed by atoms with E-state index in [0.29, 0.717) is 11.6 Å². The van der Waals surface area contributed by atoms with E-state index >= 15 is 0 Å². The fourth-order valence-electron chi connectivity index (χ4n) is 5.75. The van der Waals surface area contributed by atoms with Crippen LogP contribution < -0.4 is 0 Å². The zero-order valence-electron chi connectivity index (χ0n) is 15.7. The highest BCUT2D eigenvalue weighted by atomic mass is 16.3. The first-order valence-electron chi connectivity index (χ1n) is 9.60. The summed E-state index contributed by atoms with van der Waals surface area (Å²) in [7, 11) is 2.33. The van der Waals surface area contributed by atoms with Crippen LogP contribution in [-0.2, 0) is 5.41 Å². The third-order valence-corrected chi connectivity index (χ3v) is 7.71. The topological polar surface area (TPSA) is 16.4 Å². The van der Waals surface area contributed by atoms with Crippen LogP contribution >= 0.6 is 0 Å². The minimum Gasteiger partial charge on any atom is -0.456 e. The molecule has 130 valence electrons. The highest BCUT2D eigenvalue weighted by Gasteiger charge is 2.55. The number of hydrogen-bond acceptors (Lipinski definition) is 2. The molecule has 0 unspecified atom stereocenters. The molecule has 2 heteroatoms. The second-order valence-electron chi connectivity index (χ2n) is 8.70. The molecule has 0 amide bonds. The van der Waals surface area contributed by atoms with Crippen molar-refractivity contribution < 1.29 is 4.42 Å². The Hall–Kier alpha value is -1.80. The lowest BCUT2D eigenvalue weighted by atomic mass is 9.55. The molecular formula is C23H27NO. The summed E-state index contributed by atoms with van der Waals surface area (Å²) in [5.41, 5.74) is 5.63. The summed E-state index contributed by atoms with van der Waals surface area (Å²) >= 11 is 0. The van der Waals surface area contributed by atoms with Crippen LogP contribution in [0.25, 0.3) is 21.9 Å². The fourth-order valence-corrected chi connectivity index (χ4v) is 5.75. The monoisotopic (exact) mass is 333 g/mol. The summed E-state index contributed by atoms with van der Waals surface area (Å²) in [6.07, 6.45) is 5.18. The van der Waals surface area contributed by atoms with Crippen molar-refractivity contribution in [2.24, 2.45) is 0 Å². The van der Waals surface area contributed by atoms with Gasteiger partial charge in [0.25, 0.3) is 0 Å². The molecule has 3 heterocycles. The van der Waals surface area contributed by atoms with Gasteiger partial charge in [-0.3, -0.25) is 4.90 Å². The van der Waals surface area contributed by atoms with E-state index < -0.39 is 0 Å². The average Bonchev–Trinajstić information content (AvgIpc) is 2.97. The number of likely N-dealkylation sites (N-methyl/N-ethyl adjacent to an activating group) is 1. The number of piperidine rings is 2. The molecule has 3 aliphatic rings. The van der Waals surface area contributed by atoms with Gasteiger partial charge in [0, 0.05) is 27.8 Å². The molecule has 0 radical (unpaired) electrons. The van der Waals surface area contributed by atoms with Crippen LogP contribution in [0.3, 0.4) is 0 Å². The maximum atomic E-state index is 6.21. The van der Waals surface area contributed by atoms with Gasteiger partial charge in [-0.15, -0.1) is 0 Å². The maximum absolute atomic E-state index is 6.21. The quantitative estimate of drug-likeness (QED) is 0.559. The Morgan fingerprint density at radius 2 is 1.72 bits per heavy atom. The minimum atomic E-state index is 0.268. The fraction of sp³-hybridized carbons (Fsp3) is 0.478. The van der Waals surface area contributed by atoms with Crippen molar-refractivity contribution in [2.75, 3.05) is 7.05 Å². The molecule has 1 atom stereocenters. The van der Waals surface area contributed by atoms with Gasteiger partial charge in [0.2, 0.25) is 0 Å². The third kappa shape index (κ3) is 1.89. The van der Waals surface area contributed by atoms with Crippen molar-refractivity contribution in [1.29, 1.82) is 0 Å². The number of furan rings is 1. The first-order chi connectivity index (χ1) is 11.9. The molecule has 3 aromatic rings. The standard InChI is InChI=1S/C23H27NO/c1-15-13-18-17-7-5-6-8-20(17)25-21(18)14-19(15)23-11-9-22(3,10-12-23)24(4)16(23)2/h5-8,13-14,16H,9-12H2,1-4H3/t16-,22?,23?/m1/s1. The van der Waals surface area contributed by atoms with Gasteiger partial charge < -0.3 is 4.42 Å². The molecule has 1 aromatic heterocycles. The van der Waals surface area contributed by atoms with Gasteiger partial charge in [-0.2, -0.15) is 0 Å². The van der Waals surface area contributed by atoms with E-state index in [0.717, 1.165) is 11.2 Å². The third-order valence-electron chi connectivity index (χ3n) is 7.71. The van der Waals surface area contributed by atoms with Gasteiger partial charge in [-0.1, -0.05) is 18.2 Å². The Labute approximate surface area is 149 Å². The van der Waals surface area contributed by atoms with Gasteiger partial charge in [-0.05, 0) is 82.8 Å². The van der Waals surface area contributed by atoms with Crippen molar-refractivity contribution in [3.63, 3.8) is 0 Å². The van der Waals surface area contributed by atoms with Crippen LogP contribution in [0, 0.1) is 6.92 Å². The Bertz CT molecular complexity index is 974. The van der Waals surface area contributed by atoms with Gasteiger partial charge in [0.1, 0.15) is 11.2 Å². The zero-order chi connectivity index (χ0) is 17.4. The van der Waals surface area contributed by atoms with Gasteiger partial charge in [0.15, 0.2) is 0 Å². The summed E-state index contributed by atoms with van der Waals surface area (Å²) in [6, 6.07) is 13.7. The van der Waals surface area contributed by atoms with E-state index in [9.17, 15) is 0 Å². The molecule has 2 nitrogen and oxygen atoms in total. The lowest BCUT2D eigenvalue weighted by molar-refractivity contribution is -0.0669. The van der Waals surface area contributed by atoms with E-state index in [1.165, 1.54) is 47.6 Å². The Morgan fingerprint density at radius 3 is 2.48 bits per heavy atom. The second kappa shape index (κ2) is 4.88. The smallest absolute Gasteiger partial charge is 0.135 e. The molecule has 1 saturated carbocycles. The van der Waals surface area contributed by atoms with Crippen LogP contribution in [0.2, 0.25) is 0 Å². The highest BCUT2D eigenvalue weighted by molar-refractivity contribution is 6.05. The van der Waals surface area contributed by atoms with Crippen LogP contribution in [0.15, 0.2) is 40.8 Å². The molecule has 1 aliphatic carbocycles. The maximum Gasteiger partial charge on any atom is 0.135 e.